The van der Waals surface area contributed by atoms with Crippen molar-refractivity contribution in [3.8, 4) is 0 Å². The Morgan fingerprint density at radius 3 is 2.75 bits per heavy atom. The minimum absolute atomic E-state index is 0.193. The molecule has 0 aromatic heterocycles. The summed E-state index contributed by atoms with van der Waals surface area (Å²) in [4.78, 5) is 13.5. The predicted octanol–water partition coefficient (Wildman–Crippen LogP) is 3.29. The van der Waals surface area contributed by atoms with Gasteiger partial charge in [0, 0.05) is 18.8 Å². The smallest absolute Gasteiger partial charge is 0.231 e. The number of anilines is 1. The summed E-state index contributed by atoms with van der Waals surface area (Å²) in [5.74, 6) is 0.798. The van der Waals surface area contributed by atoms with Gasteiger partial charge in [0.05, 0.1) is 6.42 Å². The molecule has 3 nitrogen and oxygen atoms in total. The summed E-state index contributed by atoms with van der Waals surface area (Å²) in [5.41, 5.74) is 3.55. The van der Waals surface area contributed by atoms with Gasteiger partial charge in [-0.15, -0.1) is 0 Å². The number of nitrogens with zero attached hydrogens (tertiary/aromatic N) is 1. The quantitative estimate of drug-likeness (QED) is 0.863. The largest absolute Gasteiger partial charge is 0.315 e. The Hall–Kier alpha value is -1.35. The van der Waals surface area contributed by atoms with E-state index in [-0.39, 0.29) is 5.91 Å². The number of likely N-dealkylation sites (N-methyl/N-ethyl adjacent to an activating group) is 1. The summed E-state index contributed by atoms with van der Waals surface area (Å²) in [6.07, 6.45) is 2.96. The lowest BCUT2D eigenvalue weighted by atomic mass is 9.90. The number of amides is 1. The van der Waals surface area contributed by atoms with Crippen LogP contribution in [0.1, 0.15) is 50.8 Å². The van der Waals surface area contributed by atoms with E-state index < -0.39 is 0 Å². The third-order valence-corrected chi connectivity index (χ3v) is 4.28. The summed E-state index contributed by atoms with van der Waals surface area (Å²) in [6, 6.07) is 6.87. The molecule has 1 N–H and O–H groups in total. The van der Waals surface area contributed by atoms with E-state index >= 15 is 0 Å². The van der Waals surface area contributed by atoms with Gasteiger partial charge in [0.25, 0.3) is 0 Å². The fourth-order valence-corrected chi connectivity index (χ4v) is 3.17. The first kappa shape index (κ1) is 15.0. The van der Waals surface area contributed by atoms with E-state index in [1.807, 2.05) is 7.05 Å². The molecule has 110 valence electrons. The maximum atomic E-state index is 11.8. The summed E-state index contributed by atoms with van der Waals surface area (Å²) in [5, 5.41) is 3.60. The van der Waals surface area contributed by atoms with Crippen molar-refractivity contribution in [3.63, 3.8) is 0 Å². The highest BCUT2D eigenvalue weighted by Crippen LogP contribution is 2.33. The second-order valence-electron chi connectivity index (χ2n) is 5.82. The molecule has 0 fully saturated rings. The number of hydrogen-bond acceptors (Lipinski definition) is 2. The molecular weight excluding hydrogens is 248 g/mol. The van der Waals surface area contributed by atoms with Crippen LogP contribution in [0.15, 0.2) is 18.2 Å². The van der Waals surface area contributed by atoms with Gasteiger partial charge in [-0.1, -0.05) is 39.3 Å². The Balaban J connectivity index is 2.27. The van der Waals surface area contributed by atoms with Crippen LogP contribution in [0.5, 0.6) is 0 Å². The maximum Gasteiger partial charge on any atom is 0.231 e. The van der Waals surface area contributed by atoms with E-state index in [2.05, 4.69) is 44.3 Å². The number of rotatable bonds is 6. The fourth-order valence-electron chi connectivity index (χ4n) is 3.17. The molecule has 1 aromatic rings. The molecule has 1 amide bonds. The van der Waals surface area contributed by atoms with E-state index in [1.54, 1.807) is 4.90 Å². The van der Waals surface area contributed by atoms with Gasteiger partial charge >= 0.3 is 0 Å². The van der Waals surface area contributed by atoms with Gasteiger partial charge in [0.2, 0.25) is 5.91 Å². The third kappa shape index (κ3) is 2.88. The van der Waals surface area contributed by atoms with Gasteiger partial charge in [-0.05, 0) is 36.1 Å². The molecule has 3 heteroatoms. The van der Waals surface area contributed by atoms with Crippen molar-refractivity contribution < 1.29 is 4.79 Å². The molecule has 1 aliphatic heterocycles. The highest BCUT2D eigenvalue weighted by molar-refractivity contribution is 6.00. The summed E-state index contributed by atoms with van der Waals surface area (Å²) < 4.78 is 0. The number of benzene rings is 1. The second-order valence-corrected chi connectivity index (χ2v) is 5.82. The summed E-state index contributed by atoms with van der Waals surface area (Å²) in [6.45, 7) is 7.65. The van der Waals surface area contributed by atoms with E-state index in [1.165, 1.54) is 24.0 Å². The standard InChI is InChI=1S/C17H26N2O/c1-5-7-12(3)17(18-6-2)13-8-9-15-14(10-13)11-16(20)19(15)4/h8-10,12,17-18H,5-7,11H2,1-4H3. The van der Waals surface area contributed by atoms with Crippen molar-refractivity contribution in [2.45, 2.75) is 46.1 Å². The predicted molar refractivity (Wildman–Crippen MR) is 84.0 cm³/mol. The van der Waals surface area contributed by atoms with Crippen LogP contribution in [0.3, 0.4) is 0 Å². The molecule has 0 aliphatic carbocycles. The average molecular weight is 274 g/mol. The minimum atomic E-state index is 0.193. The topological polar surface area (TPSA) is 32.3 Å². The monoisotopic (exact) mass is 274 g/mol. The molecule has 0 saturated carbocycles. The van der Waals surface area contributed by atoms with E-state index in [0.717, 1.165) is 12.2 Å². The van der Waals surface area contributed by atoms with Crippen LogP contribution in [0.4, 0.5) is 5.69 Å². The van der Waals surface area contributed by atoms with Gasteiger partial charge in [-0.3, -0.25) is 4.79 Å². The molecule has 2 atom stereocenters. The van der Waals surface area contributed by atoms with Crippen LogP contribution in [-0.2, 0) is 11.2 Å². The van der Waals surface area contributed by atoms with Crippen LogP contribution in [0, 0.1) is 5.92 Å². The van der Waals surface area contributed by atoms with Crippen LogP contribution in [0.2, 0.25) is 0 Å². The van der Waals surface area contributed by atoms with Crippen molar-refractivity contribution in [1.29, 1.82) is 0 Å². The molecule has 20 heavy (non-hydrogen) atoms. The Morgan fingerprint density at radius 2 is 2.10 bits per heavy atom. The zero-order chi connectivity index (χ0) is 14.7. The van der Waals surface area contributed by atoms with Crippen molar-refractivity contribution >= 4 is 11.6 Å². The third-order valence-electron chi connectivity index (χ3n) is 4.28. The highest BCUT2D eigenvalue weighted by atomic mass is 16.2. The van der Waals surface area contributed by atoms with Crippen molar-refractivity contribution in [3.05, 3.63) is 29.3 Å². The van der Waals surface area contributed by atoms with Crippen LogP contribution < -0.4 is 10.2 Å². The zero-order valence-corrected chi connectivity index (χ0v) is 13.1. The lowest BCUT2D eigenvalue weighted by Crippen LogP contribution is -2.27. The Morgan fingerprint density at radius 1 is 1.35 bits per heavy atom. The SMILES string of the molecule is CCCC(C)C(NCC)c1ccc2c(c1)CC(=O)N2C. The molecule has 0 spiro atoms. The highest BCUT2D eigenvalue weighted by Gasteiger charge is 2.26. The molecule has 0 saturated heterocycles. The van der Waals surface area contributed by atoms with E-state index in [9.17, 15) is 4.79 Å². The maximum absolute atomic E-state index is 11.8. The van der Waals surface area contributed by atoms with Crippen LogP contribution in [-0.4, -0.2) is 19.5 Å². The van der Waals surface area contributed by atoms with Gasteiger partial charge in [-0.25, -0.2) is 0 Å². The van der Waals surface area contributed by atoms with E-state index in [4.69, 9.17) is 0 Å². The van der Waals surface area contributed by atoms with Gasteiger partial charge in [0.1, 0.15) is 0 Å². The van der Waals surface area contributed by atoms with Crippen molar-refractivity contribution in [2.75, 3.05) is 18.5 Å². The second kappa shape index (κ2) is 6.40. The lowest BCUT2D eigenvalue weighted by Gasteiger charge is -2.25. The summed E-state index contributed by atoms with van der Waals surface area (Å²) in [7, 11) is 1.86. The fraction of sp³-hybridized carbons (Fsp3) is 0.588. The van der Waals surface area contributed by atoms with Crippen molar-refractivity contribution in [1.82, 2.24) is 5.32 Å². The first-order chi connectivity index (χ1) is 9.58. The van der Waals surface area contributed by atoms with E-state index in [0.29, 0.717) is 18.4 Å². The number of fused-ring (bicyclic) bond motifs is 1. The number of hydrogen-bond donors (Lipinski definition) is 1. The molecule has 0 bridgehead atoms. The molecule has 2 unspecified atom stereocenters. The van der Waals surface area contributed by atoms with Gasteiger partial charge < -0.3 is 10.2 Å². The Kier molecular flexibility index (Phi) is 4.81. The summed E-state index contributed by atoms with van der Waals surface area (Å²) >= 11 is 0. The number of carbonyl (C=O) groups excluding carboxylic acids is 1. The van der Waals surface area contributed by atoms with Gasteiger partial charge in [-0.2, -0.15) is 0 Å². The minimum Gasteiger partial charge on any atom is -0.315 e. The van der Waals surface area contributed by atoms with Crippen LogP contribution in [0.25, 0.3) is 0 Å². The van der Waals surface area contributed by atoms with Gasteiger partial charge in [0.15, 0.2) is 0 Å². The number of nitrogens with one attached hydrogen (secondary N) is 1. The molecule has 1 aromatic carbocycles. The lowest BCUT2D eigenvalue weighted by molar-refractivity contribution is -0.117. The molecule has 1 heterocycles. The first-order valence-corrected chi connectivity index (χ1v) is 7.71. The van der Waals surface area contributed by atoms with Crippen molar-refractivity contribution in [2.24, 2.45) is 5.92 Å². The molecule has 1 aliphatic rings. The molecule has 0 radical (unpaired) electrons. The first-order valence-electron chi connectivity index (χ1n) is 7.71. The average Bonchev–Trinajstić information content (AvgIpc) is 2.71. The zero-order valence-electron chi connectivity index (χ0n) is 13.1. The molecular formula is C17H26N2O. The molecule has 2 rings (SSSR count). The Bertz CT molecular complexity index is 484. The normalized spacial score (nSPS) is 17.2. The Labute approximate surface area is 122 Å². The van der Waals surface area contributed by atoms with Crippen LogP contribution >= 0.6 is 0 Å². The number of carbonyl (C=O) groups is 1.